The third-order valence-electron chi connectivity index (χ3n) is 4.23. The van der Waals surface area contributed by atoms with E-state index in [1.54, 1.807) is 30.0 Å². The van der Waals surface area contributed by atoms with Crippen LogP contribution in [0.4, 0.5) is 13.2 Å². The molecule has 1 aromatic rings. The number of nitrogens with zero attached hydrogens (tertiary/aromatic N) is 1. The Labute approximate surface area is 171 Å². The molecule has 0 heterocycles. The van der Waals surface area contributed by atoms with Gasteiger partial charge in [-0.15, -0.1) is 0 Å². The maximum Gasteiger partial charge on any atom is 0.131 e. The molecule has 1 rings (SSSR count). The number of thioether (sulfide) groups is 1. The van der Waals surface area contributed by atoms with Crippen molar-refractivity contribution in [2.75, 3.05) is 12.0 Å². The van der Waals surface area contributed by atoms with E-state index in [1.807, 2.05) is 13.2 Å². The Hall–Kier alpha value is -1.75. The van der Waals surface area contributed by atoms with Gasteiger partial charge in [0.05, 0.1) is 6.17 Å². The van der Waals surface area contributed by atoms with E-state index in [1.165, 1.54) is 25.3 Å². The third-order valence-corrected chi connectivity index (χ3v) is 4.93. The monoisotopic (exact) mass is 409 g/mol. The molecule has 5 heteroatoms. The van der Waals surface area contributed by atoms with Crippen molar-refractivity contribution in [1.29, 1.82) is 0 Å². The van der Waals surface area contributed by atoms with Crippen LogP contribution in [0.2, 0.25) is 0 Å². The number of allylic oxidation sites excluding steroid dienone is 4. The SMILES string of the molecule is C=C(C=N/C(=C\C)CCC(C)F)/C(F)=C/c1ccc(F)c(CCCCSC)c1. The smallest absolute Gasteiger partial charge is 0.131 e. The van der Waals surface area contributed by atoms with Crippen molar-refractivity contribution in [2.24, 2.45) is 4.99 Å². The van der Waals surface area contributed by atoms with E-state index in [4.69, 9.17) is 0 Å². The zero-order valence-electron chi connectivity index (χ0n) is 17.0. The van der Waals surface area contributed by atoms with Gasteiger partial charge in [0.1, 0.15) is 11.6 Å². The molecule has 1 nitrogen and oxygen atoms in total. The van der Waals surface area contributed by atoms with E-state index in [2.05, 4.69) is 11.6 Å². The van der Waals surface area contributed by atoms with Crippen LogP contribution in [0.3, 0.4) is 0 Å². The van der Waals surface area contributed by atoms with Gasteiger partial charge in [0.2, 0.25) is 0 Å². The van der Waals surface area contributed by atoms with Crippen molar-refractivity contribution in [3.8, 4) is 0 Å². The van der Waals surface area contributed by atoms with Crippen LogP contribution in [0, 0.1) is 5.82 Å². The van der Waals surface area contributed by atoms with Crippen LogP contribution in [0.25, 0.3) is 6.08 Å². The highest BCUT2D eigenvalue weighted by Gasteiger charge is 2.06. The number of hydrogen-bond donors (Lipinski definition) is 0. The van der Waals surface area contributed by atoms with Gasteiger partial charge in [-0.05, 0) is 87.3 Å². The first kappa shape index (κ1) is 24.3. The first-order valence-corrected chi connectivity index (χ1v) is 10.9. The summed E-state index contributed by atoms with van der Waals surface area (Å²) in [7, 11) is 0. The van der Waals surface area contributed by atoms with Crippen molar-refractivity contribution < 1.29 is 13.2 Å². The molecule has 0 fully saturated rings. The summed E-state index contributed by atoms with van der Waals surface area (Å²) in [6.07, 6.45) is 9.01. The molecule has 1 unspecified atom stereocenters. The topological polar surface area (TPSA) is 12.4 Å². The zero-order valence-corrected chi connectivity index (χ0v) is 17.8. The molecule has 0 aromatic heterocycles. The van der Waals surface area contributed by atoms with Crippen molar-refractivity contribution in [3.05, 3.63) is 64.9 Å². The van der Waals surface area contributed by atoms with Gasteiger partial charge in [0.25, 0.3) is 0 Å². The molecule has 0 aliphatic heterocycles. The first-order chi connectivity index (χ1) is 13.4. The summed E-state index contributed by atoms with van der Waals surface area (Å²) in [5, 5.41) is 0. The second-order valence-corrected chi connectivity index (χ2v) is 7.66. The summed E-state index contributed by atoms with van der Waals surface area (Å²) in [5.41, 5.74) is 2.00. The Kier molecular flexibility index (Phi) is 11.7. The number of halogens is 3. The Bertz CT molecular complexity index is 721. The highest BCUT2D eigenvalue weighted by Crippen LogP contribution is 2.19. The minimum Gasteiger partial charge on any atom is -0.261 e. The van der Waals surface area contributed by atoms with E-state index in [0.717, 1.165) is 18.6 Å². The summed E-state index contributed by atoms with van der Waals surface area (Å²) < 4.78 is 41.3. The first-order valence-electron chi connectivity index (χ1n) is 9.54. The minimum absolute atomic E-state index is 0.124. The number of aliphatic imine (C=N–C) groups is 1. The number of alkyl halides is 1. The van der Waals surface area contributed by atoms with Gasteiger partial charge in [-0.2, -0.15) is 11.8 Å². The number of aryl methyl sites for hydroxylation is 1. The van der Waals surface area contributed by atoms with Crippen LogP contribution in [-0.2, 0) is 6.42 Å². The van der Waals surface area contributed by atoms with E-state index >= 15 is 0 Å². The summed E-state index contributed by atoms with van der Waals surface area (Å²) >= 11 is 1.77. The van der Waals surface area contributed by atoms with E-state index in [-0.39, 0.29) is 11.4 Å². The average Bonchev–Trinajstić information content (AvgIpc) is 2.67. The molecular weight excluding hydrogens is 379 g/mol. The maximum atomic E-state index is 14.4. The Balaban J connectivity index is 2.78. The Morgan fingerprint density at radius 3 is 2.71 bits per heavy atom. The largest absolute Gasteiger partial charge is 0.261 e. The van der Waals surface area contributed by atoms with E-state index < -0.39 is 12.0 Å². The van der Waals surface area contributed by atoms with E-state index in [9.17, 15) is 13.2 Å². The number of unbranched alkanes of at least 4 members (excludes halogenated alkanes) is 1. The highest BCUT2D eigenvalue weighted by atomic mass is 32.2. The van der Waals surface area contributed by atoms with Crippen molar-refractivity contribution in [3.63, 3.8) is 0 Å². The third kappa shape index (κ3) is 9.45. The summed E-state index contributed by atoms with van der Waals surface area (Å²) in [6.45, 7) is 7.00. The van der Waals surface area contributed by atoms with Gasteiger partial charge in [-0.25, -0.2) is 13.2 Å². The average molecular weight is 410 g/mol. The van der Waals surface area contributed by atoms with Gasteiger partial charge in [-0.1, -0.05) is 18.7 Å². The lowest BCUT2D eigenvalue weighted by Crippen LogP contribution is -1.94. The predicted octanol–water partition coefficient (Wildman–Crippen LogP) is 7.49. The van der Waals surface area contributed by atoms with Gasteiger partial charge in [-0.3, -0.25) is 4.99 Å². The van der Waals surface area contributed by atoms with Crippen LogP contribution >= 0.6 is 11.8 Å². The lowest BCUT2D eigenvalue weighted by molar-refractivity contribution is 0.341. The van der Waals surface area contributed by atoms with Crippen LogP contribution in [0.15, 0.2) is 52.9 Å². The molecule has 0 bridgehead atoms. The molecule has 154 valence electrons. The standard InChI is InChI=1S/C23H30F3NS/c1-5-21(11-9-18(3)24)27-16-17(2)23(26)15-19-10-12-22(25)20(14-19)8-6-7-13-28-4/h5,10,12,14-16,18H,2,6-9,11,13H2,1,3-4H3/b21-5-,23-15-,27-16?. The fourth-order valence-electron chi connectivity index (χ4n) is 2.53. The predicted molar refractivity (Wildman–Crippen MR) is 118 cm³/mol. The molecule has 0 aliphatic rings. The summed E-state index contributed by atoms with van der Waals surface area (Å²) in [4.78, 5) is 4.19. The van der Waals surface area contributed by atoms with Crippen molar-refractivity contribution in [2.45, 2.75) is 52.1 Å². The van der Waals surface area contributed by atoms with Crippen molar-refractivity contribution in [1.82, 2.24) is 0 Å². The van der Waals surface area contributed by atoms with Crippen molar-refractivity contribution >= 4 is 24.1 Å². The van der Waals surface area contributed by atoms with Crippen LogP contribution < -0.4 is 0 Å². The molecule has 0 saturated heterocycles. The fraction of sp³-hybridized carbons (Fsp3) is 0.435. The van der Waals surface area contributed by atoms with Crippen LogP contribution in [0.1, 0.15) is 50.7 Å². The highest BCUT2D eigenvalue weighted by molar-refractivity contribution is 7.98. The maximum absolute atomic E-state index is 14.4. The van der Waals surface area contributed by atoms with Crippen LogP contribution in [0.5, 0.6) is 0 Å². The second-order valence-electron chi connectivity index (χ2n) is 6.68. The molecule has 0 spiro atoms. The van der Waals surface area contributed by atoms with E-state index in [0.29, 0.717) is 36.1 Å². The van der Waals surface area contributed by atoms with Crippen LogP contribution in [-0.4, -0.2) is 24.4 Å². The summed E-state index contributed by atoms with van der Waals surface area (Å²) in [5.74, 6) is 0.257. The molecular formula is C23H30F3NS. The molecule has 1 aromatic carbocycles. The molecule has 0 N–H and O–H groups in total. The molecule has 0 saturated carbocycles. The molecule has 28 heavy (non-hydrogen) atoms. The zero-order chi connectivity index (χ0) is 20.9. The second kappa shape index (κ2) is 13.4. The minimum atomic E-state index is -0.904. The molecule has 0 aliphatic carbocycles. The quantitative estimate of drug-likeness (QED) is 0.198. The summed E-state index contributed by atoms with van der Waals surface area (Å²) in [6, 6.07) is 4.60. The number of benzene rings is 1. The lowest BCUT2D eigenvalue weighted by Gasteiger charge is -2.05. The molecule has 0 radical (unpaired) electrons. The van der Waals surface area contributed by atoms with Gasteiger partial charge >= 0.3 is 0 Å². The van der Waals surface area contributed by atoms with Gasteiger partial charge in [0.15, 0.2) is 0 Å². The lowest BCUT2D eigenvalue weighted by atomic mass is 10.0. The fourth-order valence-corrected chi connectivity index (χ4v) is 3.02. The molecule has 0 amide bonds. The van der Waals surface area contributed by atoms with Gasteiger partial charge < -0.3 is 0 Å². The normalized spacial score (nSPS) is 13.9. The Morgan fingerprint density at radius 2 is 2.07 bits per heavy atom. The Morgan fingerprint density at radius 1 is 1.32 bits per heavy atom. The molecule has 1 atom stereocenters. The number of rotatable bonds is 12. The number of hydrogen-bond acceptors (Lipinski definition) is 2. The van der Waals surface area contributed by atoms with Gasteiger partial charge in [0, 0.05) is 17.5 Å².